The van der Waals surface area contributed by atoms with Crippen molar-refractivity contribution in [2.45, 2.75) is 6.04 Å². The molecule has 1 aromatic heterocycles. The highest BCUT2D eigenvalue weighted by Gasteiger charge is 2.42. The fourth-order valence-corrected chi connectivity index (χ4v) is 4.30. The van der Waals surface area contributed by atoms with Gasteiger partial charge >= 0.3 is 0 Å². The van der Waals surface area contributed by atoms with Gasteiger partial charge in [-0.2, -0.15) is 0 Å². The number of halogens is 1. The van der Waals surface area contributed by atoms with Gasteiger partial charge in [-0.25, -0.2) is 4.39 Å². The van der Waals surface area contributed by atoms with Crippen molar-refractivity contribution in [3.8, 4) is 5.75 Å². The Morgan fingerprint density at radius 2 is 1.77 bits per heavy atom. The lowest BCUT2D eigenvalue weighted by molar-refractivity contribution is 0.0314. The van der Waals surface area contributed by atoms with Crippen LogP contribution in [0.3, 0.4) is 0 Å². The van der Waals surface area contributed by atoms with E-state index in [1.165, 1.54) is 24.3 Å². The number of carbonyl (C=O) groups excluding carboxylic acids is 1. The Morgan fingerprint density at radius 3 is 2.52 bits per heavy atom. The van der Waals surface area contributed by atoms with E-state index in [0.717, 1.165) is 19.2 Å². The van der Waals surface area contributed by atoms with Gasteiger partial charge in [-0.05, 0) is 35.9 Å². The molecule has 0 saturated carbocycles. The number of benzene rings is 2. The highest BCUT2D eigenvalue weighted by molar-refractivity contribution is 5.99. The monoisotopic (exact) mass is 424 g/mol. The molecule has 3 heterocycles. The molecule has 8 heteroatoms. The van der Waals surface area contributed by atoms with E-state index in [1.54, 1.807) is 17.0 Å². The lowest BCUT2D eigenvalue weighted by Crippen LogP contribution is -2.42. The largest absolute Gasteiger partial charge is 0.508 e. The van der Waals surface area contributed by atoms with Crippen molar-refractivity contribution in [1.29, 1.82) is 0 Å². The average Bonchev–Trinajstić information content (AvgIpc) is 3.06. The number of hydrogen-bond donors (Lipinski definition) is 1. The Kier molecular flexibility index (Phi) is 4.95. The first-order valence-corrected chi connectivity index (χ1v) is 10.2. The fourth-order valence-electron chi connectivity index (χ4n) is 4.30. The number of carbonyl (C=O) groups is 1. The molecule has 2 aromatic carbocycles. The molecule has 1 saturated heterocycles. The minimum absolute atomic E-state index is 0.0100. The zero-order valence-corrected chi connectivity index (χ0v) is 16.7. The molecule has 1 N–H and O–H groups in total. The zero-order valence-electron chi connectivity index (χ0n) is 16.7. The molecule has 7 nitrogen and oxygen atoms in total. The van der Waals surface area contributed by atoms with Crippen molar-refractivity contribution in [2.75, 3.05) is 39.4 Å². The van der Waals surface area contributed by atoms with Gasteiger partial charge in [-0.15, -0.1) is 0 Å². The van der Waals surface area contributed by atoms with E-state index in [0.29, 0.717) is 31.9 Å². The van der Waals surface area contributed by atoms with Crippen LogP contribution in [-0.2, 0) is 4.74 Å². The van der Waals surface area contributed by atoms with Crippen LogP contribution in [0, 0.1) is 5.82 Å². The summed E-state index contributed by atoms with van der Waals surface area (Å²) < 4.78 is 25.0. The Bertz CT molecular complexity index is 1200. The van der Waals surface area contributed by atoms with E-state index < -0.39 is 17.3 Å². The van der Waals surface area contributed by atoms with Crippen molar-refractivity contribution in [1.82, 2.24) is 9.80 Å². The number of ether oxygens (including phenoxy) is 1. The molecule has 1 atom stereocenters. The molecule has 0 bridgehead atoms. The summed E-state index contributed by atoms with van der Waals surface area (Å²) in [5.74, 6) is -0.843. The molecule has 160 valence electrons. The number of fused-ring (bicyclic) bond motifs is 2. The Hall–Kier alpha value is -3.23. The maximum Gasteiger partial charge on any atom is 0.290 e. The highest BCUT2D eigenvalue weighted by Crippen LogP contribution is 2.38. The first kappa shape index (κ1) is 19.7. The van der Waals surface area contributed by atoms with Crippen molar-refractivity contribution < 1.29 is 23.4 Å². The van der Waals surface area contributed by atoms with E-state index in [2.05, 4.69) is 4.90 Å². The van der Waals surface area contributed by atoms with Gasteiger partial charge in [0.25, 0.3) is 5.91 Å². The van der Waals surface area contributed by atoms with Gasteiger partial charge in [-0.3, -0.25) is 14.5 Å². The van der Waals surface area contributed by atoms with Crippen molar-refractivity contribution in [2.24, 2.45) is 0 Å². The fraction of sp³-hybridized carbons (Fsp3) is 0.304. The number of nitrogens with zero attached hydrogens (tertiary/aromatic N) is 2. The Labute approximate surface area is 177 Å². The first-order valence-electron chi connectivity index (χ1n) is 10.2. The van der Waals surface area contributed by atoms with E-state index in [1.807, 2.05) is 0 Å². The maximum absolute atomic E-state index is 13.8. The molecule has 1 unspecified atom stereocenters. The van der Waals surface area contributed by atoms with Gasteiger partial charge < -0.3 is 19.2 Å². The maximum atomic E-state index is 13.8. The SMILES string of the molecule is O=C1c2oc3ccc(F)cc3c(=O)c2C(c2ccc(O)cc2)N1CCN1CCOCC1. The number of rotatable bonds is 4. The molecule has 5 rings (SSSR count). The van der Waals surface area contributed by atoms with Crippen LogP contribution in [0.1, 0.15) is 27.7 Å². The van der Waals surface area contributed by atoms with Crippen LogP contribution in [-0.4, -0.2) is 60.2 Å². The quantitative estimate of drug-likeness (QED) is 0.693. The molecule has 0 radical (unpaired) electrons. The minimum atomic E-state index is -0.673. The van der Waals surface area contributed by atoms with Crippen LogP contribution in [0.5, 0.6) is 5.75 Å². The van der Waals surface area contributed by atoms with Gasteiger partial charge in [0.1, 0.15) is 17.1 Å². The third-order valence-corrected chi connectivity index (χ3v) is 5.90. The van der Waals surface area contributed by atoms with E-state index in [9.17, 15) is 19.1 Å². The number of phenolic OH excluding ortho intramolecular Hbond substituents is 1. The van der Waals surface area contributed by atoms with Gasteiger partial charge in [0.15, 0.2) is 5.43 Å². The molecule has 1 amide bonds. The second-order valence-corrected chi connectivity index (χ2v) is 7.76. The molecule has 2 aliphatic rings. The first-order chi connectivity index (χ1) is 15.0. The van der Waals surface area contributed by atoms with Crippen LogP contribution in [0.2, 0.25) is 0 Å². The summed E-state index contributed by atoms with van der Waals surface area (Å²) in [6.45, 7) is 3.86. The lowest BCUT2D eigenvalue weighted by atomic mass is 9.98. The summed E-state index contributed by atoms with van der Waals surface area (Å²) in [5.41, 5.74) is 0.639. The van der Waals surface area contributed by atoms with Gasteiger partial charge in [0.05, 0.1) is 30.2 Å². The Morgan fingerprint density at radius 1 is 1.03 bits per heavy atom. The number of aromatic hydroxyl groups is 1. The number of morpholine rings is 1. The molecule has 0 aliphatic carbocycles. The van der Waals surface area contributed by atoms with Crippen molar-refractivity contribution in [3.63, 3.8) is 0 Å². The summed E-state index contributed by atoms with van der Waals surface area (Å²) in [4.78, 5) is 30.5. The predicted molar refractivity (Wildman–Crippen MR) is 111 cm³/mol. The molecule has 1 fully saturated rings. The van der Waals surface area contributed by atoms with Crippen LogP contribution < -0.4 is 5.43 Å². The standard InChI is InChI=1S/C23H21FN2O5/c24-15-3-6-18-17(13-15)21(28)19-20(14-1-4-16(27)5-2-14)26(23(29)22(19)31-18)8-7-25-9-11-30-12-10-25/h1-6,13,20,27H,7-12H2. The highest BCUT2D eigenvalue weighted by atomic mass is 19.1. The van der Waals surface area contributed by atoms with Gasteiger partial charge in [0.2, 0.25) is 5.76 Å². The summed E-state index contributed by atoms with van der Waals surface area (Å²) in [6, 6.07) is 9.42. The van der Waals surface area contributed by atoms with Gasteiger partial charge in [-0.1, -0.05) is 12.1 Å². The molecule has 0 spiro atoms. The smallest absolute Gasteiger partial charge is 0.290 e. The van der Waals surface area contributed by atoms with E-state index in [-0.39, 0.29) is 33.9 Å². The van der Waals surface area contributed by atoms with Crippen LogP contribution in [0.4, 0.5) is 4.39 Å². The topological polar surface area (TPSA) is 83.2 Å². The van der Waals surface area contributed by atoms with Gasteiger partial charge in [0, 0.05) is 26.2 Å². The van der Waals surface area contributed by atoms with Crippen LogP contribution in [0.15, 0.2) is 51.7 Å². The number of amides is 1. The van der Waals surface area contributed by atoms with Crippen molar-refractivity contribution in [3.05, 3.63) is 75.4 Å². The average molecular weight is 424 g/mol. The summed E-state index contributed by atoms with van der Waals surface area (Å²) >= 11 is 0. The van der Waals surface area contributed by atoms with E-state index in [4.69, 9.17) is 9.15 Å². The second-order valence-electron chi connectivity index (χ2n) is 7.76. The molecular formula is C23H21FN2O5. The van der Waals surface area contributed by atoms with Crippen LogP contribution >= 0.6 is 0 Å². The summed E-state index contributed by atoms with van der Waals surface area (Å²) in [6.07, 6.45) is 0. The molecule has 2 aliphatic heterocycles. The predicted octanol–water partition coefficient (Wildman–Crippen LogP) is 2.52. The van der Waals surface area contributed by atoms with E-state index >= 15 is 0 Å². The zero-order chi connectivity index (χ0) is 21.5. The molecule has 31 heavy (non-hydrogen) atoms. The van der Waals surface area contributed by atoms with Crippen molar-refractivity contribution >= 4 is 16.9 Å². The normalized spacial score (nSPS) is 19.2. The Balaban J connectivity index is 1.60. The number of hydrogen-bond acceptors (Lipinski definition) is 6. The second kappa shape index (κ2) is 7.79. The summed E-state index contributed by atoms with van der Waals surface area (Å²) in [5, 5.41) is 9.79. The molecule has 3 aromatic rings. The third kappa shape index (κ3) is 3.47. The summed E-state index contributed by atoms with van der Waals surface area (Å²) in [7, 11) is 0. The molecular weight excluding hydrogens is 403 g/mol. The third-order valence-electron chi connectivity index (χ3n) is 5.90. The van der Waals surface area contributed by atoms with Crippen LogP contribution in [0.25, 0.3) is 11.0 Å². The number of phenols is 1. The minimum Gasteiger partial charge on any atom is -0.508 e. The lowest BCUT2D eigenvalue weighted by Gasteiger charge is -2.31.